The third-order valence-electron chi connectivity index (χ3n) is 12.7. The maximum absolute atomic E-state index is 11.6. The van der Waals surface area contributed by atoms with Gasteiger partial charge in [0.2, 0.25) is 0 Å². The Kier molecular flexibility index (Phi) is 57.3. The molecule has 15 nitrogen and oxygen atoms in total. The van der Waals surface area contributed by atoms with Gasteiger partial charge in [0.15, 0.2) is 14.8 Å². The van der Waals surface area contributed by atoms with Crippen molar-refractivity contribution in [1.82, 2.24) is 24.5 Å². The van der Waals surface area contributed by atoms with Crippen molar-refractivity contribution >= 4 is 320 Å². The number of halogens is 17. The second-order valence-corrected chi connectivity index (χ2v) is 38.7. The molecule has 6 aromatic carbocycles. The molecule has 11 aromatic rings. The fourth-order valence-electron chi connectivity index (χ4n) is 8.02. The summed E-state index contributed by atoms with van der Waals surface area (Å²) < 4.78 is 9.18. The first-order valence-electron chi connectivity index (χ1n) is 30.9. The summed E-state index contributed by atoms with van der Waals surface area (Å²) >= 11 is 72.1. The molecule has 0 radical (unpaired) electrons. The van der Waals surface area contributed by atoms with E-state index in [-0.39, 0.29) is 44.8 Å². The number of Topliss-reactive ketones (excluding diaryl/α,β-unsaturated/α-hetero) is 3. The van der Waals surface area contributed by atoms with Crippen molar-refractivity contribution in [3.8, 4) is 10.6 Å². The molecule has 0 amide bonds. The Morgan fingerprint density at radius 2 is 0.982 bits per heavy atom. The van der Waals surface area contributed by atoms with E-state index in [1.165, 1.54) is 51.6 Å². The minimum absolute atomic E-state index is 0. The van der Waals surface area contributed by atoms with Crippen LogP contribution in [0.4, 0.5) is 9.93 Å². The van der Waals surface area contributed by atoms with Gasteiger partial charge in [0.25, 0.3) is 5.97 Å². The number of benzene rings is 6. The molecule has 0 aliphatic heterocycles. The molecule has 0 aliphatic rings. The SMILES string of the molecule is Br.BrBr.CC(=O)Cc1ccc(Cl)cc1.CC(=O)O.CC(C)(C)OC(=O)n1cccc1B(O)O.Clc1ccc(Cc2nc(-c3ccncc3)sc2Br)cc1.Clc1ccc(Cc2nc(Br)sc2Br)cc1.Nc1nc(Cc2ccc(Cl)cc2)cs1.O=C(CBr)C(Br)c1ccc(Cl)cc1.O=C(CBr)Cc1ccc(Cl)cc1.[Br][Cu][Br]. The van der Waals surface area contributed by atoms with Crippen molar-refractivity contribution in [1.29, 1.82) is 0 Å². The number of carbonyl (C=O) groups excluding carboxylic acids is 4. The molecule has 37 heteroatoms. The van der Waals surface area contributed by atoms with Crippen LogP contribution < -0.4 is 11.3 Å². The first-order chi connectivity index (χ1) is 51.6. The number of aromatic nitrogens is 5. The molecule has 0 saturated heterocycles. The van der Waals surface area contributed by atoms with Gasteiger partial charge in [-0.15, -0.1) is 39.7 Å². The number of pyridine rings is 1. The van der Waals surface area contributed by atoms with Gasteiger partial charge in [-0.3, -0.25) is 28.7 Å². The summed E-state index contributed by atoms with van der Waals surface area (Å²) in [7, 11) is -1.69. The summed E-state index contributed by atoms with van der Waals surface area (Å²) in [6, 6.07) is 52.2. The number of carboxylic acids is 1. The van der Waals surface area contributed by atoms with Crippen molar-refractivity contribution in [2.45, 2.75) is 77.2 Å². The van der Waals surface area contributed by atoms with Crippen LogP contribution in [0.1, 0.15) is 89.9 Å². The molecule has 0 fully saturated rings. The van der Waals surface area contributed by atoms with Crippen LogP contribution in [0.3, 0.4) is 0 Å². The standard InChI is InChI=1S/C15H10BrClN2S.C10H6Br2ClNS.C10H9ClN2S.C9H14BNO4.C9H7Br2ClO.C9H8BrClO.C9H9ClO.C2H4O2.Br2.3BrH.Cu/c16-14-13(9-10-1-3-12(17)4-2-10)19-15(20-14)11-5-7-18-8-6-11;11-9-8(14-10(12)15-9)5-6-1-3-7(13)4-2-6;11-8-3-1-7(2-4-8)5-9-6-14-10(12)13-9;1-9(2,3)15-8(12)11-6-4-5-7(11)10(13)14;10-5-8(13)9(11)6-1-3-7(12)4-2-6;10-6-9(12)5-7-1-3-8(11)4-2-7;1-7(11)6-8-2-4-9(10)5-3-8;1-2(3)4;1-2;;;;/h1-8H,9H2;1-4H,5H2;1-4,6H,5H2,(H2,12,13);4-6,13-14H,1-3H3;1-4,9H,5H2;1-4H,5-6H2;2-5H,6H2,1H3;1H3,(H,3,4);;3*1H;/q;;;;;;;;;;;;+2/p-2. The number of thiazole rings is 3. The zero-order valence-electron chi connectivity index (χ0n) is 58.2. The molecule has 0 bridgehead atoms. The van der Waals surface area contributed by atoms with Gasteiger partial charge in [0.1, 0.15) is 22.2 Å². The minimum atomic E-state index is -1.69. The average molecular weight is 2440 g/mol. The second kappa shape index (κ2) is 59.6. The van der Waals surface area contributed by atoms with Crippen LogP contribution in [0.25, 0.3) is 10.6 Å². The third kappa shape index (κ3) is 46.8. The number of anilines is 1. The molecular formula is C73H68BBr11Cl6CuN6O9S3. The summed E-state index contributed by atoms with van der Waals surface area (Å²) in [4.78, 5) is 70.6. The van der Waals surface area contributed by atoms with Crippen LogP contribution in [0.2, 0.25) is 30.1 Å². The fraction of sp³-hybridized carbons (Fsp3) is 0.192. The number of alkyl halides is 3. The quantitative estimate of drug-likeness (QED) is 0.0520. The summed E-state index contributed by atoms with van der Waals surface area (Å²) in [5.74, 6) is -0.382. The molecule has 0 spiro atoms. The van der Waals surface area contributed by atoms with Crippen LogP contribution in [0, 0.1) is 0 Å². The van der Waals surface area contributed by atoms with Crippen LogP contribution in [0.15, 0.2) is 205 Å². The molecule has 0 aliphatic carbocycles. The molecule has 1 unspecified atom stereocenters. The van der Waals surface area contributed by atoms with E-state index in [0.717, 1.165) is 102 Å². The number of aliphatic carboxylic acids is 1. The number of carboxylic acid groups (broad SMARTS) is 1. The van der Waals surface area contributed by atoms with Crippen molar-refractivity contribution in [3.05, 3.63) is 286 Å². The molecule has 5 aromatic heterocycles. The van der Waals surface area contributed by atoms with Gasteiger partial charge in [-0.25, -0.2) is 19.7 Å². The molecule has 11 rings (SSSR count). The van der Waals surface area contributed by atoms with Crippen molar-refractivity contribution in [3.63, 3.8) is 0 Å². The monoisotopic (exact) mass is 2420 g/mol. The van der Waals surface area contributed by atoms with Gasteiger partial charge in [0, 0.05) is 127 Å². The second-order valence-electron chi connectivity index (χ2n) is 22.5. The van der Waals surface area contributed by atoms with E-state index in [9.17, 15) is 19.2 Å². The van der Waals surface area contributed by atoms with E-state index in [0.29, 0.717) is 43.7 Å². The number of ketones is 3. The van der Waals surface area contributed by atoms with Gasteiger partial charge in [-0.2, -0.15) is 0 Å². The maximum atomic E-state index is 11.6. The summed E-state index contributed by atoms with van der Waals surface area (Å²) in [5.41, 5.74) is 15.8. The Hall–Kier alpha value is -2.09. The first-order valence-corrected chi connectivity index (χ1v) is 49.6. The summed E-state index contributed by atoms with van der Waals surface area (Å²) in [6.07, 6.45) is 7.75. The van der Waals surface area contributed by atoms with E-state index in [1.54, 1.807) is 105 Å². The average Bonchev–Trinajstić information content (AvgIpc) is 1.68. The Labute approximate surface area is 779 Å². The van der Waals surface area contributed by atoms with Crippen LogP contribution in [-0.4, -0.2) is 92.4 Å². The summed E-state index contributed by atoms with van der Waals surface area (Å²) in [5, 5.41) is 34.1. The molecule has 595 valence electrons. The first kappa shape index (κ1) is 106. The predicted molar refractivity (Wildman–Crippen MR) is 497 cm³/mol. The van der Waals surface area contributed by atoms with Gasteiger partial charge in [-0.05, 0) is 206 Å². The number of ether oxygens (including phenoxy) is 1. The molecular weight excluding hydrogens is 2370 g/mol. The zero-order chi connectivity index (χ0) is 81.8. The Balaban J connectivity index is 0.000000633. The number of hydrogen-bond acceptors (Lipinski definition) is 16. The van der Waals surface area contributed by atoms with Crippen molar-refractivity contribution < 1.29 is 55.2 Å². The Morgan fingerprint density at radius 1 is 0.591 bits per heavy atom. The van der Waals surface area contributed by atoms with Crippen LogP contribution >= 0.6 is 273 Å². The molecule has 5 heterocycles. The summed E-state index contributed by atoms with van der Waals surface area (Å²) in [6.45, 7) is 7.88. The number of nitrogen functional groups attached to an aromatic ring is 1. The fourth-order valence-corrected chi connectivity index (χ4v) is 14.8. The molecule has 0 saturated carbocycles. The third-order valence-corrected chi connectivity index (χ3v) is 21.3. The van der Waals surface area contributed by atoms with Crippen molar-refractivity contribution in [2.24, 2.45) is 0 Å². The Morgan fingerprint density at radius 3 is 1.35 bits per heavy atom. The number of nitrogens with two attached hydrogens (primary N) is 1. The van der Waals surface area contributed by atoms with Gasteiger partial charge < -0.3 is 25.6 Å². The number of rotatable bonds is 16. The van der Waals surface area contributed by atoms with Crippen LogP contribution in [-0.2, 0) is 67.4 Å². The van der Waals surface area contributed by atoms with E-state index >= 15 is 0 Å². The van der Waals surface area contributed by atoms with Crippen LogP contribution in [0.5, 0.6) is 0 Å². The van der Waals surface area contributed by atoms with Gasteiger partial charge >= 0.3 is 52.8 Å². The van der Waals surface area contributed by atoms with E-state index in [1.807, 2.05) is 127 Å². The van der Waals surface area contributed by atoms with E-state index in [4.69, 9.17) is 105 Å². The van der Waals surface area contributed by atoms with Gasteiger partial charge in [0.05, 0.1) is 45.7 Å². The zero-order valence-corrected chi connectivity index (χ0v) is 83.7. The predicted octanol–water partition coefficient (Wildman–Crippen LogP) is 26.2. The van der Waals surface area contributed by atoms with Crippen molar-refractivity contribution in [2.75, 3.05) is 16.4 Å². The molecule has 1 atom stereocenters. The Bertz CT molecular complexity index is 4470. The van der Waals surface area contributed by atoms with E-state index in [2.05, 4.69) is 167 Å². The van der Waals surface area contributed by atoms with Gasteiger partial charge in [-0.1, -0.05) is 202 Å². The number of carbonyl (C=O) groups is 5. The normalized spacial score (nSPS) is 10.2. The topological polar surface area (TPSA) is 238 Å². The van der Waals surface area contributed by atoms with E-state index < -0.39 is 24.8 Å². The number of nitrogens with zero attached hydrogens (tertiary/aromatic N) is 5. The number of hydrogen-bond donors (Lipinski definition) is 4. The molecule has 5 N–H and O–H groups in total. The molecule has 110 heavy (non-hydrogen) atoms.